The van der Waals surface area contributed by atoms with Crippen molar-refractivity contribution in [1.29, 1.82) is 0 Å². The predicted octanol–water partition coefficient (Wildman–Crippen LogP) is 3.40. The minimum Gasteiger partial charge on any atom is -0.308 e. The molecule has 15 heavy (non-hydrogen) atoms. The van der Waals surface area contributed by atoms with Gasteiger partial charge in [-0.15, -0.1) is 0 Å². The number of nitrogens with one attached hydrogen (secondary N) is 1. The Balaban J connectivity index is 2.38. The molecule has 0 fully saturated rings. The van der Waals surface area contributed by atoms with Gasteiger partial charge in [-0.25, -0.2) is 0 Å². The molecule has 1 rings (SSSR count). The molecule has 1 aromatic heterocycles. The summed E-state index contributed by atoms with van der Waals surface area (Å²) in [7, 11) is 0. The van der Waals surface area contributed by atoms with Gasteiger partial charge in [0, 0.05) is 18.8 Å². The molecule has 1 atom stereocenters. The smallest absolute Gasteiger partial charge is 0.0589 e. The highest BCUT2D eigenvalue weighted by molar-refractivity contribution is 6.30. The summed E-state index contributed by atoms with van der Waals surface area (Å²) in [5, 5.41) is 4.19. The lowest BCUT2D eigenvalue weighted by atomic mass is 10.1. The lowest BCUT2D eigenvalue weighted by Gasteiger charge is -2.15. The molecule has 0 aliphatic carbocycles. The second-order valence-corrected chi connectivity index (χ2v) is 4.18. The summed E-state index contributed by atoms with van der Waals surface area (Å²) in [5.74, 6) is 0. The molecule has 2 nitrogen and oxygen atoms in total. The summed E-state index contributed by atoms with van der Waals surface area (Å²) in [6, 6.07) is 4.45. The van der Waals surface area contributed by atoms with E-state index in [2.05, 4.69) is 24.1 Å². The standard InChI is InChI=1S/C12H19ClN2/c1-3-5-11(4-2)15-9-12-7-6-10(13)8-14-12/h6-8,11,15H,3-5,9H2,1-2H3. The fourth-order valence-electron chi connectivity index (χ4n) is 1.56. The Morgan fingerprint density at radius 1 is 1.40 bits per heavy atom. The Kier molecular flexibility index (Phi) is 5.66. The highest BCUT2D eigenvalue weighted by Crippen LogP contribution is 2.07. The predicted molar refractivity (Wildman–Crippen MR) is 65.1 cm³/mol. The average Bonchev–Trinajstić information content (AvgIpc) is 2.26. The van der Waals surface area contributed by atoms with E-state index >= 15 is 0 Å². The van der Waals surface area contributed by atoms with Gasteiger partial charge in [0.2, 0.25) is 0 Å². The van der Waals surface area contributed by atoms with E-state index in [1.807, 2.05) is 12.1 Å². The van der Waals surface area contributed by atoms with Crippen molar-refractivity contribution >= 4 is 11.6 Å². The maximum Gasteiger partial charge on any atom is 0.0589 e. The van der Waals surface area contributed by atoms with Crippen LogP contribution in [0.1, 0.15) is 38.8 Å². The fourth-order valence-corrected chi connectivity index (χ4v) is 1.67. The third kappa shape index (κ3) is 4.63. The lowest BCUT2D eigenvalue weighted by molar-refractivity contribution is 0.459. The first-order valence-corrected chi connectivity index (χ1v) is 5.97. The van der Waals surface area contributed by atoms with Gasteiger partial charge in [0.05, 0.1) is 10.7 Å². The van der Waals surface area contributed by atoms with Crippen molar-refractivity contribution in [1.82, 2.24) is 10.3 Å². The number of hydrogen-bond acceptors (Lipinski definition) is 2. The van der Waals surface area contributed by atoms with Crippen molar-refractivity contribution < 1.29 is 0 Å². The molecule has 1 N–H and O–H groups in total. The molecule has 3 heteroatoms. The molecule has 0 saturated heterocycles. The van der Waals surface area contributed by atoms with Gasteiger partial charge in [0.15, 0.2) is 0 Å². The minimum atomic E-state index is 0.604. The summed E-state index contributed by atoms with van der Waals surface area (Å²) in [6.07, 6.45) is 5.31. The van der Waals surface area contributed by atoms with Crippen molar-refractivity contribution in [3.63, 3.8) is 0 Å². The normalized spacial score (nSPS) is 12.7. The molecule has 0 aliphatic rings. The second-order valence-electron chi connectivity index (χ2n) is 3.74. The van der Waals surface area contributed by atoms with Crippen LogP contribution in [0.25, 0.3) is 0 Å². The van der Waals surface area contributed by atoms with Gasteiger partial charge in [-0.2, -0.15) is 0 Å². The van der Waals surface area contributed by atoms with Crippen molar-refractivity contribution in [2.45, 2.75) is 45.7 Å². The zero-order chi connectivity index (χ0) is 11.1. The Bertz CT molecular complexity index is 271. The molecule has 0 aliphatic heterocycles. The average molecular weight is 227 g/mol. The lowest BCUT2D eigenvalue weighted by Crippen LogP contribution is -2.27. The summed E-state index contributed by atoms with van der Waals surface area (Å²) in [5.41, 5.74) is 1.05. The van der Waals surface area contributed by atoms with E-state index in [9.17, 15) is 0 Å². The molecule has 84 valence electrons. The third-order valence-electron chi connectivity index (χ3n) is 2.49. The van der Waals surface area contributed by atoms with Crippen LogP contribution in [0.15, 0.2) is 18.3 Å². The summed E-state index contributed by atoms with van der Waals surface area (Å²) in [6.45, 7) is 5.25. The Morgan fingerprint density at radius 2 is 2.20 bits per heavy atom. The topological polar surface area (TPSA) is 24.9 Å². The molecule has 1 unspecified atom stereocenters. The van der Waals surface area contributed by atoms with Crippen LogP contribution in [0.4, 0.5) is 0 Å². The zero-order valence-corrected chi connectivity index (χ0v) is 10.2. The molecule has 0 radical (unpaired) electrons. The Labute approximate surface area is 97.1 Å². The van der Waals surface area contributed by atoms with Crippen LogP contribution in [0.3, 0.4) is 0 Å². The Morgan fingerprint density at radius 3 is 2.73 bits per heavy atom. The summed E-state index contributed by atoms with van der Waals surface area (Å²) in [4.78, 5) is 4.25. The third-order valence-corrected chi connectivity index (χ3v) is 2.71. The molecule has 1 heterocycles. The molecule has 0 spiro atoms. The highest BCUT2D eigenvalue weighted by atomic mass is 35.5. The number of pyridine rings is 1. The number of hydrogen-bond donors (Lipinski definition) is 1. The van der Waals surface area contributed by atoms with Gasteiger partial charge < -0.3 is 5.32 Å². The van der Waals surface area contributed by atoms with E-state index in [0.29, 0.717) is 11.1 Å². The molecule has 1 aromatic rings. The van der Waals surface area contributed by atoms with Crippen molar-refractivity contribution in [2.75, 3.05) is 0 Å². The largest absolute Gasteiger partial charge is 0.308 e. The fraction of sp³-hybridized carbons (Fsp3) is 0.583. The number of halogens is 1. The van der Waals surface area contributed by atoms with Crippen LogP contribution >= 0.6 is 11.6 Å². The van der Waals surface area contributed by atoms with Crippen LogP contribution < -0.4 is 5.32 Å². The minimum absolute atomic E-state index is 0.604. The summed E-state index contributed by atoms with van der Waals surface area (Å²) >= 11 is 5.77. The van der Waals surface area contributed by atoms with Gasteiger partial charge in [-0.1, -0.05) is 31.9 Å². The molecular weight excluding hydrogens is 208 g/mol. The number of aromatic nitrogens is 1. The Hall–Kier alpha value is -0.600. The monoisotopic (exact) mass is 226 g/mol. The maximum absolute atomic E-state index is 5.77. The quantitative estimate of drug-likeness (QED) is 0.804. The SMILES string of the molecule is CCCC(CC)NCc1ccc(Cl)cn1. The first kappa shape index (κ1) is 12.5. The van der Waals surface area contributed by atoms with Gasteiger partial charge in [-0.3, -0.25) is 4.98 Å². The van der Waals surface area contributed by atoms with Crippen LogP contribution in [0.5, 0.6) is 0 Å². The van der Waals surface area contributed by atoms with E-state index in [-0.39, 0.29) is 0 Å². The highest BCUT2D eigenvalue weighted by Gasteiger charge is 2.04. The molecule has 0 amide bonds. The van der Waals surface area contributed by atoms with Crippen molar-refractivity contribution in [3.8, 4) is 0 Å². The van der Waals surface area contributed by atoms with Crippen LogP contribution in [0.2, 0.25) is 5.02 Å². The van der Waals surface area contributed by atoms with Gasteiger partial charge >= 0.3 is 0 Å². The first-order chi connectivity index (χ1) is 7.26. The van der Waals surface area contributed by atoms with Crippen molar-refractivity contribution in [2.24, 2.45) is 0 Å². The molecule has 0 bridgehead atoms. The van der Waals surface area contributed by atoms with Gasteiger partial charge in [0.1, 0.15) is 0 Å². The molecular formula is C12H19ClN2. The van der Waals surface area contributed by atoms with Crippen molar-refractivity contribution in [3.05, 3.63) is 29.0 Å². The van der Waals surface area contributed by atoms with Crippen LogP contribution in [0, 0.1) is 0 Å². The molecule has 0 aromatic carbocycles. The maximum atomic E-state index is 5.77. The van der Waals surface area contributed by atoms with E-state index in [0.717, 1.165) is 12.2 Å². The van der Waals surface area contributed by atoms with Crippen LogP contribution in [-0.2, 0) is 6.54 Å². The zero-order valence-electron chi connectivity index (χ0n) is 9.46. The van der Waals surface area contributed by atoms with E-state index in [1.54, 1.807) is 6.20 Å². The van der Waals surface area contributed by atoms with Crippen LogP contribution in [-0.4, -0.2) is 11.0 Å². The number of nitrogens with zero attached hydrogens (tertiary/aromatic N) is 1. The molecule has 0 saturated carbocycles. The van der Waals surface area contributed by atoms with Gasteiger partial charge in [-0.05, 0) is 25.0 Å². The first-order valence-electron chi connectivity index (χ1n) is 5.60. The second kappa shape index (κ2) is 6.81. The van der Waals surface area contributed by atoms with E-state index in [4.69, 9.17) is 11.6 Å². The van der Waals surface area contributed by atoms with Gasteiger partial charge in [0.25, 0.3) is 0 Å². The number of rotatable bonds is 6. The summed E-state index contributed by atoms with van der Waals surface area (Å²) < 4.78 is 0. The van der Waals surface area contributed by atoms with E-state index < -0.39 is 0 Å². The van der Waals surface area contributed by atoms with E-state index in [1.165, 1.54) is 19.3 Å².